The summed E-state index contributed by atoms with van der Waals surface area (Å²) in [6.45, 7) is 9.65. The summed E-state index contributed by atoms with van der Waals surface area (Å²) in [5.41, 5.74) is 13.5. The first-order chi connectivity index (χ1) is 18.4. The van der Waals surface area contributed by atoms with Gasteiger partial charge in [0.15, 0.2) is 0 Å². The van der Waals surface area contributed by atoms with Crippen LogP contribution in [0.5, 0.6) is 0 Å². The highest BCUT2D eigenvalue weighted by molar-refractivity contribution is 6.12. The van der Waals surface area contributed by atoms with Crippen molar-refractivity contribution in [3.05, 3.63) is 126 Å². The fourth-order valence-corrected chi connectivity index (χ4v) is 7.55. The average molecular weight is 488 g/mol. The van der Waals surface area contributed by atoms with Crippen LogP contribution in [-0.4, -0.2) is 4.98 Å². The smallest absolute Gasteiger partial charge is 0.0786 e. The van der Waals surface area contributed by atoms with E-state index in [0.717, 1.165) is 5.69 Å². The third-order valence-corrected chi connectivity index (χ3v) is 9.26. The number of aromatic nitrogens is 1. The van der Waals surface area contributed by atoms with Crippen molar-refractivity contribution in [3.8, 4) is 33.5 Å². The molecule has 5 aromatic carbocycles. The van der Waals surface area contributed by atoms with Gasteiger partial charge in [0.05, 0.1) is 5.69 Å². The molecule has 0 saturated carbocycles. The van der Waals surface area contributed by atoms with Crippen LogP contribution in [0.25, 0.3) is 55.1 Å². The van der Waals surface area contributed by atoms with Crippen LogP contribution in [0.3, 0.4) is 0 Å². The summed E-state index contributed by atoms with van der Waals surface area (Å²) in [5.74, 6) is 0. The molecule has 1 aromatic heterocycles. The number of fused-ring (bicyclic) bond motifs is 10. The third-order valence-electron chi connectivity index (χ3n) is 9.26. The molecule has 2 aliphatic carbocycles. The normalized spacial score (nSPS) is 15.8. The number of hydrogen-bond donors (Lipinski definition) is 0. The van der Waals surface area contributed by atoms with Gasteiger partial charge in [0.1, 0.15) is 0 Å². The minimum Gasteiger partial charge on any atom is -0.256 e. The van der Waals surface area contributed by atoms with Crippen molar-refractivity contribution in [2.45, 2.75) is 38.5 Å². The first-order valence-electron chi connectivity index (χ1n) is 13.6. The first-order valence-corrected chi connectivity index (χ1v) is 13.6. The largest absolute Gasteiger partial charge is 0.256 e. The van der Waals surface area contributed by atoms with E-state index in [9.17, 15) is 0 Å². The van der Waals surface area contributed by atoms with Crippen LogP contribution in [0, 0.1) is 0 Å². The molecule has 0 amide bonds. The van der Waals surface area contributed by atoms with E-state index >= 15 is 0 Å². The lowest BCUT2D eigenvalue weighted by molar-refractivity contribution is 0.601. The van der Waals surface area contributed by atoms with Gasteiger partial charge in [-0.25, -0.2) is 0 Å². The minimum atomic E-state index is -0.140. The Bertz CT molecular complexity index is 1970. The quantitative estimate of drug-likeness (QED) is 0.225. The highest BCUT2D eigenvalue weighted by Crippen LogP contribution is 2.60. The molecule has 1 nitrogen and oxygen atoms in total. The van der Waals surface area contributed by atoms with Gasteiger partial charge in [-0.3, -0.25) is 4.98 Å². The maximum Gasteiger partial charge on any atom is 0.0786 e. The fraction of sp³-hybridized carbons (Fsp3) is 0.162. The highest BCUT2D eigenvalue weighted by atomic mass is 14.7. The number of nitrogens with zero attached hydrogens (tertiary/aromatic N) is 1. The molecular weight excluding hydrogens is 458 g/mol. The zero-order chi connectivity index (χ0) is 25.8. The molecule has 0 unspecified atom stereocenters. The topological polar surface area (TPSA) is 12.9 Å². The van der Waals surface area contributed by atoms with Gasteiger partial charge in [0.25, 0.3) is 0 Å². The molecule has 0 spiro atoms. The summed E-state index contributed by atoms with van der Waals surface area (Å²) in [5, 5.41) is 5.00. The van der Waals surface area contributed by atoms with E-state index in [0.29, 0.717) is 0 Å². The van der Waals surface area contributed by atoms with E-state index in [1.54, 1.807) is 0 Å². The summed E-state index contributed by atoms with van der Waals surface area (Å²) in [4.78, 5) is 4.96. The monoisotopic (exact) mass is 487 g/mol. The molecule has 1 heterocycles. The molecule has 0 bridgehead atoms. The van der Waals surface area contributed by atoms with E-state index in [1.807, 2.05) is 6.20 Å². The lowest BCUT2D eigenvalue weighted by Crippen LogP contribution is -2.24. The summed E-state index contributed by atoms with van der Waals surface area (Å²) in [6.07, 6.45) is 1.95. The summed E-state index contributed by atoms with van der Waals surface area (Å²) in [6, 6.07) is 35.8. The van der Waals surface area contributed by atoms with Crippen molar-refractivity contribution in [2.24, 2.45) is 0 Å². The van der Waals surface area contributed by atoms with Crippen molar-refractivity contribution in [1.29, 1.82) is 0 Å². The Kier molecular flexibility index (Phi) is 4.13. The molecule has 0 saturated heterocycles. The standard InChI is InChI=1S/C37H29N/c1-36(2)30-16-10-9-14-25(30)27-17-18-28-32-26-15-8-7-13-24(26)29(21-31(32)37(3,4)34(28)33(27)36)35-23-12-6-5-11-22(23)19-20-38-35/h5-21H,1-4H3. The lowest BCUT2D eigenvalue weighted by atomic mass is 9.72. The molecule has 0 fully saturated rings. The predicted octanol–water partition coefficient (Wildman–Crippen LogP) is 9.67. The molecule has 6 aromatic rings. The second-order valence-electron chi connectivity index (χ2n) is 12.0. The Hall–Kier alpha value is -4.23. The first kappa shape index (κ1) is 21.8. The molecule has 8 rings (SSSR count). The van der Waals surface area contributed by atoms with Crippen molar-refractivity contribution in [3.63, 3.8) is 0 Å². The van der Waals surface area contributed by atoms with E-state index in [2.05, 4.69) is 125 Å². The molecule has 0 radical (unpaired) electrons. The van der Waals surface area contributed by atoms with Gasteiger partial charge < -0.3 is 0 Å². The summed E-state index contributed by atoms with van der Waals surface area (Å²) >= 11 is 0. The van der Waals surface area contributed by atoms with Gasteiger partial charge >= 0.3 is 0 Å². The van der Waals surface area contributed by atoms with Gasteiger partial charge in [-0.2, -0.15) is 0 Å². The van der Waals surface area contributed by atoms with Crippen molar-refractivity contribution >= 4 is 21.5 Å². The molecule has 182 valence electrons. The molecule has 0 aliphatic heterocycles. The van der Waals surface area contributed by atoms with Gasteiger partial charge in [0, 0.05) is 28.0 Å². The van der Waals surface area contributed by atoms with Gasteiger partial charge in [-0.1, -0.05) is 113 Å². The van der Waals surface area contributed by atoms with Crippen LogP contribution in [0.15, 0.2) is 103 Å². The average Bonchev–Trinajstić information content (AvgIpc) is 3.32. The van der Waals surface area contributed by atoms with Crippen LogP contribution >= 0.6 is 0 Å². The maximum atomic E-state index is 4.96. The lowest BCUT2D eigenvalue weighted by Gasteiger charge is -2.31. The van der Waals surface area contributed by atoms with E-state index in [1.165, 1.54) is 71.6 Å². The van der Waals surface area contributed by atoms with Crippen molar-refractivity contribution in [2.75, 3.05) is 0 Å². The van der Waals surface area contributed by atoms with Crippen LogP contribution < -0.4 is 0 Å². The van der Waals surface area contributed by atoms with Gasteiger partial charge in [-0.15, -0.1) is 0 Å². The van der Waals surface area contributed by atoms with Gasteiger partial charge in [-0.05, 0) is 72.8 Å². The fourth-order valence-electron chi connectivity index (χ4n) is 7.55. The molecule has 38 heavy (non-hydrogen) atoms. The Morgan fingerprint density at radius 2 is 1.13 bits per heavy atom. The van der Waals surface area contributed by atoms with E-state index in [4.69, 9.17) is 4.98 Å². The maximum absolute atomic E-state index is 4.96. The predicted molar refractivity (Wildman–Crippen MR) is 160 cm³/mol. The van der Waals surface area contributed by atoms with Crippen molar-refractivity contribution < 1.29 is 0 Å². The number of hydrogen-bond acceptors (Lipinski definition) is 1. The van der Waals surface area contributed by atoms with Crippen LogP contribution in [0.1, 0.15) is 49.9 Å². The zero-order valence-electron chi connectivity index (χ0n) is 22.3. The second kappa shape index (κ2) is 7.20. The Morgan fingerprint density at radius 1 is 0.500 bits per heavy atom. The van der Waals surface area contributed by atoms with Crippen LogP contribution in [0.4, 0.5) is 0 Å². The van der Waals surface area contributed by atoms with E-state index < -0.39 is 0 Å². The third kappa shape index (κ3) is 2.59. The van der Waals surface area contributed by atoms with Crippen LogP contribution in [0.2, 0.25) is 0 Å². The second-order valence-corrected chi connectivity index (χ2v) is 12.0. The number of rotatable bonds is 1. The van der Waals surface area contributed by atoms with E-state index in [-0.39, 0.29) is 10.8 Å². The number of benzene rings is 5. The zero-order valence-corrected chi connectivity index (χ0v) is 22.3. The Morgan fingerprint density at radius 3 is 1.97 bits per heavy atom. The molecule has 0 atom stereocenters. The summed E-state index contributed by atoms with van der Waals surface area (Å²) < 4.78 is 0. The van der Waals surface area contributed by atoms with Crippen LogP contribution in [-0.2, 0) is 10.8 Å². The molecular formula is C37H29N. The Balaban J connectivity index is 1.48. The summed E-state index contributed by atoms with van der Waals surface area (Å²) in [7, 11) is 0. The minimum absolute atomic E-state index is 0.0492. The number of pyridine rings is 1. The Labute approximate surface area is 223 Å². The molecule has 0 N–H and O–H groups in total. The molecule has 1 heteroatoms. The van der Waals surface area contributed by atoms with Crippen molar-refractivity contribution in [1.82, 2.24) is 4.98 Å². The molecule has 2 aliphatic rings. The SMILES string of the molecule is CC1(C)c2ccccc2-c2ccc3c(c21)C(C)(C)c1cc(-c2nccc4ccccc24)c2ccccc2c1-3. The van der Waals surface area contributed by atoms with Gasteiger partial charge in [0.2, 0.25) is 0 Å². The highest BCUT2D eigenvalue weighted by Gasteiger charge is 2.46.